The summed E-state index contributed by atoms with van der Waals surface area (Å²) in [5.41, 5.74) is 3.36. The van der Waals surface area contributed by atoms with Crippen LogP contribution in [0.1, 0.15) is 43.3 Å². The number of carbonyl (C=O) groups is 1. The largest absolute Gasteiger partial charge is 0.430 e. The van der Waals surface area contributed by atoms with E-state index in [1.165, 1.54) is 22.7 Å². The molecule has 0 fully saturated rings. The van der Waals surface area contributed by atoms with Crippen LogP contribution in [0.25, 0.3) is 0 Å². The predicted molar refractivity (Wildman–Crippen MR) is 117 cm³/mol. The molecule has 0 aliphatic heterocycles. The fraction of sp³-hybridized carbons (Fsp3) is 0.348. The smallest absolute Gasteiger partial charge is 0.298 e. The van der Waals surface area contributed by atoms with Gasteiger partial charge in [0.2, 0.25) is 5.91 Å². The van der Waals surface area contributed by atoms with E-state index in [9.17, 15) is 4.79 Å². The van der Waals surface area contributed by atoms with Gasteiger partial charge in [-0.2, -0.15) is 9.36 Å². The molecule has 0 saturated heterocycles. The van der Waals surface area contributed by atoms with Crippen LogP contribution in [0.5, 0.6) is 10.9 Å². The predicted octanol–water partition coefficient (Wildman–Crippen LogP) is 4.93. The van der Waals surface area contributed by atoms with Gasteiger partial charge in [-0.05, 0) is 43.0 Å². The minimum absolute atomic E-state index is 0.0322. The number of nitrogens with zero attached hydrogens (tertiary/aromatic N) is 2. The zero-order valence-electron chi connectivity index (χ0n) is 17.3. The van der Waals surface area contributed by atoms with Crippen molar-refractivity contribution in [2.75, 3.05) is 0 Å². The molecule has 6 heteroatoms. The first-order valence-corrected chi connectivity index (χ1v) is 10.6. The maximum atomic E-state index is 12.1. The zero-order chi connectivity index (χ0) is 20.8. The summed E-state index contributed by atoms with van der Waals surface area (Å²) in [5.74, 6) is 1.88. The topological polar surface area (TPSA) is 64.1 Å². The maximum Gasteiger partial charge on any atom is 0.298 e. The summed E-state index contributed by atoms with van der Waals surface area (Å²) < 4.78 is 10.2. The van der Waals surface area contributed by atoms with Gasteiger partial charge in [-0.25, -0.2) is 0 Å². The molecule has 0 aliphatic rings. The molecular formula is C23H27N3O2S. The molecule has 0 spiro atoms. The van der Waals surface area contributed by atoms with E-state index in [1.54, 1.807) is 0 Å². The summed E-state index contributed by atoms with van der Waals surface area (Å²) in [6.07, 6.45) is 1.04. The van der Waals surface area contributed by atoms with Crippen molar-refractivity contribution >= 4 is 17.4 Å². The first-order valence-electron chi connectivity index (χ1n) is 9.83. The Balaban J connectivity index is 1.54. The Kier molecular flexibility index (Phi) is 6.99. The molecule has 0 aliphatic carbocycles. The molecule has 5 nitrogen and oxygen atoms in total. The van der Waals surface area contributed by atoms with Crippen molar-refractivity contribution in [3.63, 3.8) is 0 Å². The van der Waals surface area contributed by atoms with E-state index < -0.39 is 0 Å². The second-order valence-electron chi connectivity index (χ2n) is 7.66. The summed E-state index contributed by atoms with van der Waals surface area (Å²) in [7, 11) is 0. The summed E-state index contributed by atoms with van der Waals surface area (Å²) in [6, 6.07) is 16.0. The summed E-state index contributed by atoms with van der Waals surface area (Å²) in [6.45, 7) is 8.28. The molecule has 0 bridgehead atoms. The molecule has 1 aromatic heterocycles. The molecule has 1 N–H and O–H groups in total. The second kappa shape index (κ2) is 9.65. The Morgan fingerprint density at radius 3 is 2.34 bits per heavy atom. The van der Waals surface area contributed by atoms with Crippen molar-refractivity contribution < 1.29 is 9.53 Å². The molecule has 0 unspecified atom stereocenters. The third-order valence-electron chi connectivity index (χ3n) is 4.81. The zero-order valence-corrected chi connectivity index (χ0v) is 18.1. The summed E-state index contributed by atoms with van der Waals surface area (Å²) in [5, 5.41) is 3.54. The highest BCUT2D eigenvalue weighted by atomic mass is 32.1. The maximum absolute atomic E-state index is 12.1. The third-order valence-corrected chi connectivity index (χ3v) is 5.45. The number of hydrogen-bond donors (Lipinski definition) is 1. The molecule has 152 valence electrons. The van der Waals surface area contributed by atoms with E-state index in [-0.39, 0.29) is 11.9 Å². The molecule has 1 heterocycles. The van der Waals surface area contributed by atoms with Gasteiger partial charge in [0.1, 0.15) is 5.75 Å². The number of aryl methyl sites for hydroxylation is 1. The molecule has 3 aromatic rings. The fourth-order valence-corrected chi connectivity index (χ4v) is 3.24. The Labute approximate surface area is 176 Å². The Morgan fingerprint density at radius 1 is 1.03 bits per heavy atom. The molecule has 0 radical (unpaired) electrons. The average Bonchev–Trinajstić information content (AvgIpc) is 3.12. The molecule has 1 amide bonds. The van der Waals surface area contributed by atoms with Gasteiger partial charge in [-0.3, -0.25) is 4.79 Å². The van der Waals surface area contributed by atoms with Gasteiger partial charge in [-0.1, -0.05) is 55.8 Å². The lowest BCUT2D eigenvalue weighted by Crippen LogP contribution is -2.37. The van der Waals surface area contributed by atoms with Crippen LogP contribution in [0, 0.1) is 12.8 Å². The molecule has 0 saturated carbocycles. The summed E-state index contributed by atoms with van der Waals surface area (Å²) in [4.78, 5) is 16.6. The lowest BCUT2D eigenvalue weighted by atomic mass is 10.1. The number of nitrogens with one attached hydrogen (secondary N) is 1. The van der Waals surface area contributed by atoms with Crippen molar-refractivity contribution in [1.29, 1.82) is 0 Å². The number of benzene rings is 2. The van der Waals surface area contributed by atoms with E-state index in [2.05, 4.69) is 59.7 Å². The summed E-state index contributed by atoms with van der Waals surface area (Å²) >= 11 is 1.24. The normalized spacial score (nSPS) is 12.0. The minimum Gasteiger partial charge on any atom is -0.430 e. The van der Waals surface area contributed by atoms with Crippen LogP contribution >= 0.6 is 11.5 Å². The van der Waals surface area contributed by atoms with Crippen LogP contribution in [0.4, 0.5) is 0 Å². The van der Waals surface area contributed by atoms with Crippen molar-refractivity contribution in [3.05, 3.63) is 71.0 Å². The van der Waals surface area contributed by atoms with Crippen molar-refractivity contribution in [1.82, 2.24) is 14.7 Å². The highest BCUT2D eigenvalue weighted by molar-refractivity contribution is 7.07. The molecule has 2 aromatic carbocycles. The van der Waals surface area contributed by atoms with Crippen LogP contribution < -0.4 is 10.1 Å². The van der Waals surface area contributed by atoms with Crippen molar-refractivity contribution in [3.8, 4) is 10.9 Å². The third kappa shape index (κ3) is 6.39. The fourth-order valence-electron chi connectivity index (χ4n) is 2.67. The number of hydrogen-bond acceptors (Lipinski definition) is 5. The van der Waals surface area contributed by atoms with E-state index in [0.29, 0.717) is 29.7 Å². The average molecular weight is 410 g/mol. The van der Waals surface area contributed by atoms with Gasteiger partial charge in [0.05, 0.1) is 6.42 Å². The molecule has 3 rings (SSSR count). The standard InChI is InChI=1S/C23H27N3O2S/c1-15(2)17(4)24-22(27)14-19-9-11-20(12-10-19)28-23-25-21(26-29-23)13-18-7-5-16(3)6-8-18/h5-12,15,17H,13-14H2,1-4H3,(H,24,27)/t17-/m1/s1. The van der Waals surface area contributed by atoms with E-state index in [1.807, 2.05) is 31.2 Å². The highest BCUT2D eigenvalue weighted by Gasteiger charge is 2.12. The number of amides is 1. The first kappa shape index (κ1) is 21.0. The Morgan fingerprint density at radius 2 is 1.69 bits per heavy atom. The Bertz CT molecular complexity index is 934. The van der Waals surface area contributed by atoms with Gasteiger partial charge in [0, 0.05) is 24.0 Å². The monoisotopic (exact) mass is 409 g/mol. The van der Waals surface area contributed by atoms with Gasteiger partial charge in [0.25, 0.3) is 5.19 Å². The first-order chi connectivity index (χ1) is 13.9. The number of aromatic nitrogens is 2. The molecular weight excluding hydrogens is 382 g/mol. The highest BCUT2D eigenvalue weighted by Crippen LogP contribution is 2.24. The number of carbonyl (C=O) groups excluding carboxylic acids is 1. The molecule has 29 heavy (non-hydrogen) atoms. The number of ether oxygens (including phenoxy) is 1. The van der Waals surface area contributed by atoms with Crippen molar-refractivity contribution in [2.45, 2.75) is 46.6 Å². The van der Waals surface area contributed by atoms with Gasteiger partial charge < -0.3 is 10.1 Å². The van der Waals surface area contributed by atoms with Crippen LogP contribution in [0.15, 0.2) is 48.5 Å². The molecule has 1 atom stereocenters. The van der Waals surface area contributed by atoms with Crippen LogP contribution in [0.3, 0.4) is 0 Å². The number of rotatable bonds is 8. The lowest BCUT2D eigenvalue weighted by Gasteiger charge is -2.17. The van der Waals surface area contributed by atoms with Crippen molar-refractivity contribution in [2.24, 2.45) is 5.92 Å². The lowest BCUT2D eigenvalue weighted by molar-refractivity contribution is -0.121. The quantitative estimate of drug-likeness (QED) is 0.573. The van der Waals surface area contributed by atoms with E-state index in [4.69, 9.17) is 4.74 Å². The SMILES string of the molecule is Cc1ccc(Cc2nsc(Oc3ccc(CC(=O)N[C@H](C)C(C)C)cc3)n2)cc1. The van der Waals surface area contributed by atoms with Gasteiger partial charge in [-0.15, -0.1) is 0 Å². The second-order valence-corrected chi connectivity index (χ2v) is 8.38. The van der Waals surface area contributed by atoms with E-state index in [0.717, 1.165) is 11.4 Å². The van der Waals surface area contributed by atoms with Crippen LogP contribution in [0.2, 0.25) is 0 Å². The van der Waals surface area contributed by atoms with Gasteiger partial charge >= 0.3 is 0 Å². The van der Waals surface area contributed by atoms with Crippen LogP contribution in [-0.2, 0) is 17.6 Å². The Hall–Kier alpha value is -2.73. The minimum atomic E-state index is 0.0322. The van der Waals surface area contributed by atoms with Gasteiger partial charge in [0.15, 0.2) is 5.82 Å². The van der Waals surface area contributed by atoms with Crippen LogP contribution in [-0.4, -0.2) is 21.3 Å². The van der Waals surface area contributed by atoms with E-state index >= 15 is 0 Å².